The highest BCUT2D eigenvalue weighted by Gasteiger charge is 2.33. The molecule has 2 amide bonds. The van der Waals surface area contributed by atoms with Gasteiger partial charge in [0.05, 0.1) is 12.2 Å². The highest BCUT2D eigenvalue weighted by molar-refractivity contribution is 7.90. The minimum absolute atomic E-state index is 0.0241. The lowest BCUT2D eigenvalue weighted by Gasteiger charge is -2.29. The summed E-state index contributed by atoms with van der Waals surface area (Å²) in [5.41, 5.74) is 0.439. The standard InChI is InChI=1S/C14H10ClFN2O3S/c15-10-6-5-9(11(16)7-10)8-18-12-3-1-2-4-13(12)22(20,21)17-14(18)19/h1-7H,8H2,(H,17,19). The fraction of sp³-hybridized carbons (Fsp3) is 0.0714. The number of halogens is 2. The maximum atomic E-state index is 13.9. The zero-order chi connectivity index (χ0) is 15.9. The van der Waals surface area contributed by atoms with Crippen molar-refractivity contribution in [3.63, 3.8) is 0 Å². The van der Waals surface area contributed by atoms with Crippen LogP contribution < -0.4 is 9.62 Å². The summed E-state index contributed by atoms with van der Waals surface area (Å²) in [5, 5.41) is 0.243. The van der Waals surface area contributed by atoms with Crippen LogP contribution in [0.4, 0.5) is 14.9 Å². The minimum Gasteiger partial charge on any atom is -0.288 e. The number of benzene rings is 2. The van der Waals surface area contributed by atoms with Crippen LogP contribution in [0, 0.1) is 5.82 Å². The Morgan fingerprint density at radius 3 is 2.64 bits per heavy atom. The summed E-state index contributed by atoms with van der Waals surface area (Å²) in [6, 6.07) is 9.32. The van der Waals surface area contributed by atoms with E-state index in [1.165, 1.54) is 29.2 Å². The van der Waals surface area contributed by atoms with Gasteiger partial charge in [-0.05, 0) is 24.3 Å². The maximum Gasteiger partial charge on any atom is 0.336 e. The van der Waals surface area contributed by atoms with Crippen LogP contribution in [-0.4, -0.2) is 14.4 Å². The fourth-order valence-corrected chi connectivity index (χ4v) is 3.54. The number of carbonyl (C=O) groups is 1. The molecule has 3 rings (SSSR count). The highest BCUT2D eigenvalue weighted by Crippen LogP contribution is 2.30. The molecule has 2 aromatic carbocycles. The van der Waals surface area contributed by atoms with Crippen LogP contribution in [0.25, 0.3) is 0 Å². The molecule has 0 unspecified atom stereocenters. The largest absolute Gasteiger partial charge is 0.336 e. The van der Waals surface area contributed by atoms with E-state index >= 15 is 0 Å². The number of anilines is 1. The van der Waals surface area contributed by atoms with Crippen molar-refractivity contribution in [2.45, 2.75) is 11.4 Å². The van der Waals surface area contributed by atoms with E-state index in [9.17, 15) is 17.6 Å². The maximum absolute atomic E-state index is 13.9. The smallest absolute Gasteiger partial charge is 0.288 e. The van der Waals surface area contributed by atoms with Crippen molar-refractivity contribution < 1.29 is 17.6 Å². The first-order valence-corrected chi connectivity index (χ1v) is 8.12. The third kappa shape index (κ3) is 2.53. The number of carbonyl (C=O) groups excluding carboxylic acids is 1. The predicted molar refractivity (Wildman–Crippen MR) is 79.8 cm³/mol. The van der Waals surface area contributed by atoms with Crippen LogP contribution in [0.2, 0.25) is 5.02 Å². The number of rotatable bonds is 2. The lowest BCUT2D eigenvalue weighted by atomic mass is 10.2. The third-order valence-electron chi connectivity index (χ3n) is 3.26. The van der Waals surface area contributed by atoms with Gasteiger partial charge in [-0.25, -0.2) is 22.3 Å². The van der Waals surface area contributed by atoms with Gasteiger partial charge < -0.3 is 0 Å². The zero-order valence-corrected chi connectivity index (χ0v) is 12.7. The van der Waals surface area contributed by atoms with Crippen LogP contribution in [0.15, 0.2) is 47.4 Å². The number of para-hydroxylation sites is 1. The van der Waals surface area contributed by atoms with E-state index in [1.807, 2.05) is 4.72 Å². The normalized spacial score (nSPS) is 16.1. The number of urea groups is 1. The number of nitrogens with zero attached hydrogens (tertiary/aromatic N) is 1. The third-order valence-corrected chi connectivity index (χ3v) is 4.86. The molecule has 0 bridgehead atoms. The molecular formula is C14H10ClFN2O3S. The number of amides is 2. The quantitative estimate of drug-likeness (QED) is 0.914. The summed E-state index contributed by atoms with van der Waals surface area (Å²) in [6.07, 6.45) is 0. The molecule has 8 heteroatoms. The molecule has 2 aromatic rings. The van der Waals surface area contributed by atoms with Crippen LogP contribution >= 0.6 is 11.6 Å². The molecule has 5 nitrogen and oxygen atoms in total. The molecule has 1 aliphatic rings. The molecule has 0 atom stereocenters. The highest BCUT2D eigenvalue weighted by atomic mass is 35.5. The second-order valence-corrected chi connectivity index (χ2v) is 6.79. The Kier molecular flexibility index (Phi) is 3.54. The number of hydrogen-bond acceptors (Lipinski definition) is 3. The van der Waals surface area contributed by atoms with Crippen LogP contribution in [0.3, 0.4) is 0 Å². The van der Waals surface area contributed by atoms with Gasteiger partial charge >= 0.3 is 6.03 Å². The molecule has 0 saturated heterocycles. The lowest BCUT2D eigenvalue weighted by Crippen LogP contribution is -2.47. The first-order valence-electron chi connectivity index (χ1n) is 6.26. The number of nitrogens with one attached hydrogen (secondary N) is 1. The Bertz CT molecular complexity index is 870. The molecular weight excluding hydrogens is 331 g/mol. The van der Waals surface area contributed by atoms with E-state index in [0.717, 1.165) is 6.07 Å². The van der Waals surface area contributed by atoms with Crippen molar-refractivity contribution in [2.24, 2.45) is 0 Å². The van der Waals surface area contributed by atoms with E-state index in [0.29, 0.717) is 0 Å². The second kappa shape index (κ2) is 5.26. The molecule has 0 spiro atoms. The van der Waals surface area contributed by atoms with Gasteiger partial charge in [-0.1, -0.05) is 29.8 Å². The van der Waals surface area contributed by atoms with Crippen LogP contribution in [-0.2, 0) is 16.6 Å². The Labute approximate surface area is 131 Å². The van der Waals surface area contributed by atoms with Crippen molar-refractivity contribution in [2.75, 3.05) is 4.90 Å². The van der Waals surface area contributed by atoms with Crippen molar-refractivity contribution in [1.29, 1.82) is 0 Å². The minimum atomic E-state index is -3.89. The average molecular weight is 341 g/mol. The number of sulfonamides is 1. The Morgan fingerprint density at radius 2 is 1.91 bits per heavy atom. The molecule has 0 fully saturated rings. The van der Waals surface area contributed by atoms with E-state index in [-0.39, 0.29) is 27.7 Å². The number of hydrogen-bond donors (Lipinski definition) is 1. The van der Waals surface area contributed by atoms with Gasteiger partial charge in [0.15, 0.2) is 0 Å². The summed E-state index contributed by atoms with van der Waals surface area (Å²) in [5.74, 6) is -0.564. The van der Waals surface area contributed by atoms with Gasteiger partial charge in [-0.15, -0.1) is 0 Å². The molecule has 114 valence electrons. The number of fused-ring (bicyclic) bond motifs is 1. The monoisotopic (exact) mass is 340 g/mol. The zero-order valence-electron chi connectivity index (χ0n) is 11.1. The summed E-state index contributed by atoms with van der Waals surface area (Å²) < 4.78 is 39.7. The second-order valence-electron chi connectivity index (χ2n) is 4.70. The molecule has 0 aliphatic carbocycles. The van der Waals surface area contributed by atoms with Crippen LogP contribution in [0.1, 0.15) is 5.56 Å². The molecule has 1 N–H and O–H groups in total. The lowest BCUT2D eigenvalue weighted by molar-refractivity contribution is 0.250. The Morgan fingerprint density at radius 1 is 1.18 bits per heavy atom. The Balaban J connectivity index is 2.05. The van der Waals surface area contributed by atoms with Gasteiger partial charge in [0, 0.05) is 10.6 Å². The van der Waals surface area contributed by atoms with Gasteiger partial charge in [0.1, 0.15) is 10.7 Å². The first-order chi connectivity index (χ1) is 10.4. The van der Waals surface area contributed by atoms with Crippen molar-refractivity contribution in [3.05, 3.63) is 58.9 Å². The average Bonchev–Trinajstić information content (AvgIpc) is 2.45. The summed E-state index contributed by atoms with van der Waals surface area (Å²) in [6.45, 7) is -0.110. The van der Waals surface area contributed by atoms with Crippen molar-refractivity contribution in [1.82, 2.24) is 4.72 Å². The van der Waals surface area contributed by atoms with E-state index < -0.39 is 21.9 Å². The fourth-order valence-electron chi connectivity index (χ4n) is 2.22. The Hall–Kier alpha value is -2.12. The predicted octanol–water partition coefficient (Wildman–Crippen LogP) is 2.90. The van der Waals surface area contributed by atoms with Crippen LogP contribution in [0.5, 0.6) is 0 Å². The SMILES string of the molecule is O=C1NS(=O)(=O)c2ccccc2N1Cc1ccc(Cl)cc1F. The van der Waals surface area contributed by atoms with Gasteiger partial charge in [0.2, 0.25) is 0 Å². The summed E-state index contributed by atoms with van der Waals surface area (Å²) in [4.78, 5) is 13.2. The van der Waals surface area contributed by atoms with E-state index in [1.54, 1.807) is 12.1 Å². The molecule has 0 radical (unpaired) electrons. The molecule has 0 saturated carbocycles. The van der Waals surface area contributed by atoms with E-state index in [2.05, 4.69) is 0 Å². The molecule has 1 aliphatic heterocycles. The summed E-state index contributed by atoms with van der Waals surface area (Å²) in [7, 11) is -3.89. The topological polar surface area (TPSA) is 66.5 Å². The van der Waals surface area contributed by atoms with Crippen molar-refractivity contribution in [3.8, 4) is 0 Å². The van der Waals surface area contributed by atoms with Gasteiger partial charge in [0.25, 0.3) is 10.0 Å². The molecule has 22 heavy (non-hydrogen) atoms. The summed E-state index contributed by atoms with van der Waals surface area (Å²) >= 11 is 5.69. The molecule has 0 aromatic heterocycles. The van der Waals surface area contributed by atoms with E-state index in [4.69, 9.17) is 11.6 Å². The van der Waals surface area contributed by atoms with Crippen molar-refractivity contribution >= 4 is 33.3 Å². The first kappa shape index (κ1) is 14.8. The van der Waals surface area contributed by atoms with Gasteiger partial charge in [-0.2, -0.15) is 0 Å². The molecule has 1 heterocycles. The van der Waals surface area contributed by atoms with Gasteiger partial charge in [-0.3, -0.25) is 4.90 Å².